The molecule has 0 rings (SSSR count). The molecular weight excluding hydrogens is 175 g/mol. The molecule has 13 heavy (non-hydrogen) atoms. The van der Waals surface area contributed by atoms with Gasteiger partial charge >= 0.3 is 35.5 Å². The molecule has 0 spiro atoms. The van der Waals surface area contributed by atoms with Crippen LogP contribution in [-0.4, -0.2) is 13.1 Å². The zero-order valence-corrected chi connectivity index (χ0v) is 11.4. The van der Waals surface area contributed by atoms with Gasteiger partial charge in [0, 0.05) is 6.42 Å². The van der Waals surface area contributed by atoms with Gasteiger partial charge in [-0.05, 0) is 12.3 Å². The van der Waals surface area contributed by atoms with Crippen molar-refractivity contribution in [2.75, 3.05) is 7.11 Å². The van der Waals surface area contributed by atoms with Crippen molar-refractivity contribution < 1.29 is 40.5 Å². The Morgan fingerprint density at radius 3 is 2.54 bits per heavy atom. The van der Waals surface area contributed by atoms with Crippen molar-refractivity contribution in [1.82, 2.24) is 0 Å². The fourth-order valence-electron chi connectivity index (χ4n) is 1.33. The second-order valence-electron chi connectivity index (χ2n) is 3.36. The van der Waals surface area contributed by atoms with Crippen LogP contribution in [0.1, 0.15) is 47.4 Å². The first-order valence-electron chi connectivity index (χ1n) is 4.77. The Kier molecular flexibility index (Phi) is 12.9. The van der Waals surface area contributed by atoms with Crippen LogP contribution in [0.25, 0.3) is 0 Å². The van der Waals surface area contributed by atoms with Crippen molar-refractivity contribution >= 4 is 5.97 Å². The Morgan fingerprint density at radius 2 is 2.08 bits per heavy atom. The van der Waals surface area contributed by atoms with Crippen molar-refractivity contribution in [3.63, 3.8) is 0 Å². The molecule has 0 N–H and O–H groups in total. The van der Waals surface area contributed by atoms with E-state index in [4.69, 9.17) is 0 Å². The van der Waals surface area contributed by atoms with Gasteiger partial charge in [0.2, 0.25) is 0 Å². The summed E-state index contributed by atoms with van der Waals surface area (Å²) in [6.45, 7) is 4.43. The van der Waals surface area contributed by atoms with Crippen LogP contribution in [0, 0.1) is 5.92 Å². The molecule has 0 aromatic heterocycles. The van der Waals surface area contributed by atoms with Crippen molar-refractivity contribution in [2.24, 2.45) is 5.92 Å². The second-order valence-corrected chi connectivity index (χ2v) is 3.36. The van der Waals surface area contributed by atoms with E-state index in [1.165, 1.54) is 20.0 Å². The van der Waals surface area contributed by atoms with Gasteiger partial charge in [-0.15, -0.1) is 0 Å². The molecule has 0 aliphatic rings. The molecule has 0 fully saturated rings. The van der Waals surface area contributed by atoms with Gasteiger partial charge < -0.3 is 6.16 Å². The van der Waals surface area contributed by atoms with Crippen molar-refractivity contribution in [2.45, 2.75) is 46.0 Å². The van der Waals surface area contributed by atoms with Crippen LogP contribution in [0.4, 0.5) is 0 Å². The zero-order valence-electron chi connectivity index (χ0n) is 10.4. The molecule has 0 aromatic rings. The third-order valence-electron chi connectivity index (χ3n) is 2.09. The molecule has 0 aliphatic heterocycles. The summed E-state index contributed by atoms with van der Waals surface area (Å²) in [4.78, 5) is 10.7. The number of carbonyl (C=O) groups excluding carboxylic acids is 1. The number of ether oxygens (including phenoxy) is 1. The van der Waals surface area contributed by atoms with E-state index in [-0.39, 0.29) is 37.0 Å². The van der Waals surface area contributed by atoms with Gasteiger partial charge in [-0.25, -0.2) is 0 Å². The number of carbonyl (C=O) groups is 1. The van der Waals surface area contributed by atoms with Crippen LogP contribution in [0.5, 0.6) is 0 Å². The molecule has 0 aromatic carbocycles. The first-order chi connectivity index (χ1) is 5.70. The van der Waals surface area contributed by atoms with E-state index >= 15 is 0 Å². The number of hydrogen-bond donors (Lipinski definition) is 0. The first-order valence-corrected chi connectivity index (χ1v) is 4.77. The van der Waals surface area contributed by atoms with Gasteiger partial charge in [-0.2, -0.15) is 0 Å². The minimum absolute atomic E-state index is 0. The number of hydrogen-bond acceptors (Lipinski definition) is 2. The molecule has 0 amide bonds. The molecule has 0 aliphatic carbocycles. The summed E-state index contributed by atoms with van der Waals surface area (Å²) in [5, 5.41) is 0. The van der Waals surface area contributed by atoms with Crippen LogP contribution in [0.3, 0.4) is 0 Å². The van der Waals surface area contributed by atoms with Crippen LogP contribution in [0.15, 0.2) is 0 Å². The summed E-state index contributed by atoms with van der Waals surface area (Å²) in [5.74, 6) is 0.665. The quantitative estimate of drug-likeness (QED) is 0.437. The Balaban J connectivity index is -0.000000605. The van der Waals surface area contributed by atoms with Crippen LogP contribution in [-0.2, 0) is 9.53 Å². The van der Waals surface area contributed by atoms with Gasteiger partial charge in [0.1, 0.15) is 0 Å². The predicted octanol–water partition coefficient (Wildman–Crippen LogP) is -0.118. The fraction of sp³-hybridized carbons (Fsp3) is 0.900. The third-order valence-corrected chi connectivity index (χ3v) is 2.09. The van der Waals surface area contributed by atoms with Gasteiger partial charge in [-0.1, -0.05) is 33.1 Å². The average molecular weight is 196 g/mol. The van der Waals surface area contributed by atoms with Crippen molar-refractivity contribution in [3.8, 4) is 0 Å². The van der Waals surface area contributed by atoms with Crippen molar-refractivity contribution in [3.05, 3.63) is 0 Å². The van der Waals surface area contributed by atoms with E-state index < -0.39 is 0 Å². The minimum Gasteiger partial charge on any atom is -1.00 e. The van der Waals surface area contributed by atoms with E-state index in [1.54, 1.807) is 0 Å². The molecule has 0 saturated carbocycles. The average Bonchev–Trinajstić information content (AvgIpc) is 2.04. The van der Waals surface area contributed by atoms with Gasteiger partial charge in [0.15, 0.2) is 0 Å². The molecule has 1 atom stereocenters. The molecule has 0 saturated heterocycles. The standard InChI is InChI=1S/C10H20O2.Na.H/c1-4-6-9(2)7-5-8-10(11)12-3;;/h9H,4-8H2,1-3H3;;/q;+1;-1. The Morgan fingerprint density at radius 1 is 1.46 bits per heavy atom. The predicted molar refractivity (Wildman–Crippen MR) is 51.1 cm³/mol. The van der Waals surface area contributed by atoms with Gasteiger partial charge in [0.25, 0.3) is 0 Å². The zero-order chi connectivity index (χ0) is 9.40. The molecule has 0 bridgehead atoms. The summed E-state index contributed by atoms with van der Waals surface area (Å²) in [5.41, 5.74) is 0. The smallest absolute Gasteiger partial charge is 1.00 e. The second kappa shape index (κ2) is 10.6. The Bertz CT molecular complexity index is 131. The topological polar surface area (TPSA) is 26.3 Å². The summed E-state index contributed by atoms with van der Waals surface area (Å²) < 4.78 is 4.55. The van der Waals surface area contributed by atoms with Crippen LogP contribution >= 0.6 is 0 Å². The van der Waals surface area contributed by atoms with E-state index in [0.29, 0.717) is 6.42 Å². The minimum atomic E-state index is -0.0845. The van der Waals surface area contributed by atoms with E-state index in [0.717, 1.165) is 18.8 Å². The summed E-state index contributed by atoms with van der Waals surface area (Å²) in [6, 6.07) is 0. The number of methoxy groups -OCH3 is 1. The van der Waals surface area contributed by atoms with E-state index in [9.17, 15) is 4.79 Å². The maximum Gasteiger partial charge on any atom is 1.00 e. The molecule has 2 nitrogen and oxygen atoms in total. The van der Waals surface area contributed by atoms with Crippen molar-refractivity contribution in [1.29, 1.82) is 0 Å². The van der Waals surface area contributed by atoms with E-state index in [2.05, 4.69) is 18.6 Å². The fourth-order valence-corrected chi connectivity index (χ4v) is 1.33. The molecule has 0 radical (unpaired) electrons. The molecule has 1 unspecified atom stereocenters. The van der Waals surface area contributed by atoms with Gasteiger partial charge in [-0.3, -0.25) is 4.79 Å². The molecular formula is C10H21NaO2. The number of rotatable bonds is 6. The monoisotopic (exact) mass is 196 g/mol. The van der Waals surface area contributed by atoms with Gasteiger partial charge in [0.05, 0.1) is 7.11 Å². The SMILES string of the molecule is CCCC(C)CCCC(=O)OC.[H-].[Na+]. The molecule has 0 heterocycles. The largest absolute Gasteiger partial charge is 1.00 e. The maximum absolute atomic E-state index is 10.7. The van der Waals surface area contributed by atoms with E-state index in [1.807, 2.05) is 0 Å². The summed E-state index contributed by atoms with van der Waals surface area (Å²) in [6.07, 6.45) is 5.18. The maximum atomic E-state index is 10.7. The molecule has 3 heteroatoms. The summed E-state index contributed by atoms with van der Waals surface area (Å²) >= 11 is 0. The first kappa shape index (κ1) is 15.9. The third kappa shape index (κ3) is 10.4. The van der Waals surface area contributed by atoms with Crippen LogP contribution < -0.4 is 29.6 Å². The molecule has 74 valence electrons. The number of esters is 1. The van der Waals surface area contributed by atoms with Crippen LogP contribution in [0.2, 0.25) is 0 Å². The summed E-state index contributed by atoms with van der Waals surface area (Å²) in [7, 11) is 1.44. The Labute approximate surface area is 105 Å². The normalized spacial score (nSPS) is 11.6. The Hall–Kier alpha value is 0.470.